The second-order valence-corrected chi connectivity index (χ2v) is 7.81. The first-order valence-corrected chi connectivity index (χ1v) is 10.3. The number of carbonyl (C=O) groups excluding carboxylic acids is 1. The Morgan fingerprint density at radius 2 is 1.94 bits per heavy atom. The van der Waals surface area contributed by atoms with Crippen molar-refractivity contribution in [2.45, 2.75) is 13.0 Å². The Labute approximate surface area is 194 Å². The fourth-order valence-corrected chi connectivity index (χ4v) is 3.75. The minimum absolute atomic E-state index is 0.000692. The van der Waals surface area contributed by atoms with Gasteiger partial charge in [-0.3, -0.25) is 4.79 Å². The van der Waals surface area contributed by atoms with Crippen LogP contribution < -0.4 is 10.5 Å². The molecule has 0 saturated heterocycles. The van der Waals surface area contributed by atoms with Gasteiger partial charge in [0.15, 0.2) is 11.6 Å². The Hall–Kier alpha value is -3.34. The van der Waals surface area contributed by atoms with Gasteiger partial charge in [0.05, 0.1) is 11.1 Å². The van der Waals surface area contributed by atoms with Gasteiger partial charge in [-0.15, -0.1) is 0 Å². The van der Waals surface area contributed by atoms with E-state index in [9.17, 15) is 9.18 Å². The highest BCUT2D eigenvalue weighted by molar-refractivity contribution is 6.36. The highest BCUT2D eigenvalue weighted by Crippen LogP contribution is 2.37. The predicted octanol–water partition coefficient (Wildman–Crippen LogP) is 5.51. The summed E-state index contributed by atoms with van der Waals surface area (Å²) >= 11 is 12.3. The third-order valence-electron chi connectivity index (χ3n) is 4.79. The van der Waals surface area contributed by atoms with E-state index in [-0.39, 0.29) is 34.1 Å². The Bertz CT molecular complexity index is 1200. The number of benzene rings is 2. The van der Waals surface area contributed by atoms with E-state index in [1.54, 1.807) is 50.5 Å². The van der Waals surface area contributed by atoms with Crippen molar-refractivity contribution in [3.8, 4) is 22.9 Å². The van der Waals surface area contributed by atoms with Crippen molar-refractivity contribution >= 4 is 34.9 Å². The van der Waals surface area contributed by atoms with Crippen LogP contribution in [0.4, 0.5) is 10.2 Å². The summed E-state index contributed by atoms with van der Waals surface area (Å²) in [6, 6.07) is 13.1. The topological polar surface area (TPSA) is 92.2 Å². The van der Waals surface area contributed by atoms with Crippen LogP contribution in [0.1, 0.15) is 28.9 Å². The van der Waals surface area contributed by atoms with Crippen molar-refractivity contribution in [1.82, 2.24) is 9.88 Å². The lowest BCUT2D eigenvalue weighted by Gasteiger charge is -2.19. The van der Waals surface area contributed by atoms with Crippen molar-refractivity contribution in [3.63, 3.8) is 0 Å². The van der Waals surface area contributed by atoms with Gasteiger partial charge in [-0.2, -0.15) is 5.26 Å². The summed E-state index contributed by atoms with van der Waals surface area (Å²) in [5.41, 5.74) is 8.21. The van der Waals surface area contributed by atoms with Gasteiger partial charge in [0.1, 0.15) is 18.5 Å². The lowest BCUT2D eigenvalue weighted by atomic mass is 10.0. The largest absolute Gasteiger partial charge is 0.482 e. The van der Waals surface area contributed by atoms with Crippen LogP contribution >= 0.6 is 23.2 Å². The summed E-state index contributed by atoms with van der Waals surface area (Å²) in [7, 11) is 1.56. The van der Waals surface area contributed by atoms with Crippen LogP contribution in [0.5, 0.6) is 5.75 Å². The zero-order chi connectivity index (χ0) is 23.4. The molecule has 2 aromatic carbocycles. The molecule has 0 aliphatic rings. The molecule has 32 heavy (non-hydrogen) atoms. The number of ether oxygens (including phenoxy) is 1. The number of nitrogen functional groups attached to an aromatic ring is 1. The van der Waals surface area contributed by atoms with E-state index in [1.807, 2.05) is 6.07 Å². The molecule has 3 aromatic rings. The normalized spacial score (nSPS) is 11.5. The van der Waals surface area contributed by atoms with Crippen molar-refractivity contribution in [1.29, 1.82) is 5.26 Å². The third kappa shape index (κ3) is 4.93. The second-order valence-electron chi connectivity index (χ2n) is 7.02. The van der Waals surface area contributed by atoms with Crippen molar-refractivity contribution in [3.05, 3.63) is 75.7 Å². The van der Waals surface area contributed by atoms with Gasteiger partial charge in [-0.1, -0.05) is 35.3 Å². The van der Waals surface area contributed by atoms with Crippen LogP contribution in [0.3, 0.4) is 0 Å². The first-order chi connectivity index (χ1) is 15.2. The molecular formula is C23H19Cl2FN4O2. The number of nitrogens with zero attached hydrogens (tertiary/aromatic N) is 3. The number of halogens is 3. The van der Waals surface area contributed by atoms with Crippen LogP contribution in [0.2, 0.25) is 10.0 Å². The lowest BCUT2D eigenvalue weighted by Crippen LogP contribution is -2.26. The van der Waals surface area contributed by atoms with E-state index in [1.165, 1.54) is 17.0 Å². The zero-order valence-electron chi connectivity index (χ0n) is 17.3. The van der Waals surface area contributed by atoms with E-state index < -0.39 is 11.9 Å². The molecule has 0 aliphatic heterocycles. The van der Waals surface area contributed by atoms with Gasteiger partial charge in [0.25, 0.3) is 5.91 Å². The number of carbonyl (C=O) groups is 1. The molecule has 2 N–H and O–H groups in total. The Morgan fingerprint density at radius 3 is 2.59 bits per heavy atom. The SMILES string of the molecule is CC(Oc1cc(-c2ccc(C(=O)N(C)CC#N)cc2)cnc1N)c1c(Cl)ccc(F)c1Cl. The van der Waals surface area contributed by atoms with Gasteiger partial charge in [-0.05, 0) is 42.8 Å². The molecule has 0 spiro atoms. The van der Waals surface area contributed by atoms with Crippen LogP contribution in [0, 0.1) is 17.1 Å². The molecule has 6 nitrogen and oxygen atoms in total. The average molecular weight is 473 g/mol. The fourth-order valence-electron chi connectivity index (χ4n) is 3.08. The molecule has 0 bridgehead atoms. The molecule has 1 atom stereocenters. The number of nitriles is 1. The third-order valence-corrected chi connectivity index (χ3v) is 5.50. The molecule has 1 unspecified atom stereocenters. The quantitative estimate of drug-likeness (QED) is 0.376. The summed E-state index contributed by atoms with van der Waals surface area (Å²) in [5, 5.41) is 8.90. The molecule has 3 rings (SSSR count). The summed E-state index contributed by atoms with van der Waals surface area (Å²) < 4.78 is 19.8. The van der Waals surface area contributed by atoms with Gasteiger partial charge in [0, 0.05) is 35.0 Å². The minimum atomic E-state index is -0.694. The molecule has 1 amide bonds. The number of aromatic nitrogens is 1. The smallest absolute Gasteiger partial charge is 0.254 e. The van der Waals surface area contributed by atoms with Crippen LogP contribution in [0.25, 0.3) is 11.1 Å². The number of nitrogens with two attached hydrogens (primary N) is 1. The summed E-state index contributed by atoms with van der Waals surface area (Å²) in [6.45, 7) is 1.68. The molecule has 0 radical (unpaired) electrons. The highest BCUT2D eigenvalue weighted by Gasteiger charge is 2.20. The number of anilines is 1. The summed E-state index contributed by atoms with van der Waals surface area (Å²) in [4.78, 5) is 17.8. The maximum absolute atomic E-state index is 13.9. The summed E-state index contributed by atoms with van der Waals surface area (Å²) in [5.74, 6) is -0.430. The number of pyridine rings is 1. The monoisotopic (exact) mass is 472 g/mol. The predicted molar refractivity (Wildman–Crippen MR) is 122 cm³/mol. The number of hydrogen-bond donors (Lipinski definition) is 1. The summed E-state index contributed by atoms with van der Waals surface area (Å²) in [6.07, 6.45) is 0.883. The molecular weight excluding hydrogens is 454 g/mol. The number of amides is 1. The van der Waals surface area contributed by atoms with E-state index >= 15 is 0 Å². The lowest BCUT2D eigenvalue weighted by molar-refractivity contribution is 0.0812. The van der Waals surface area contributed by atoms with Crippen LogP contribution in [-0.2, 0) is 0 Å². The highest BCUT2D eigenvalue weighted by atomic mass is 35.5. The maximum Gasteiger partial charge on any atom is 0.254 e. The minimum Gasteiger partial charge on any atom is -0.482 e. The van der Waals surface area contributed by atoms with E-state index in [0.29, 0.717) is 16.7 Å². The first kappa shape index (κ1) is 23.3. The first-order valence-electron chi connectivity index (χ1n) is 9.51. The second kappa shape index (κ2) is 9.86. The molecule has 1 heterocycles. The van der Waals surface area contributed by atoms with E-state index in [0.717, 1.165) is 5.56 Å². The molecule has 1 aromatic heterocycles. The van der Waals surface area contributed by atoms with Gasteiger partial charge in [0.2, 0.25) is 0 Å². The van der Waals surface area contributed by atoms with Gasteiger partial charge < -0.3 is 15.4 Å². The van der Waals surface area contributed by atoms with Gasteiger partial charge in [-0.25, -0.2) is 9.37 Å². The van der Waals surface area contributed by atoms with Crippen molar-refractivity contribution < 1.29 is 13.9 Å². The molecule has 0 aliphatic carbocycles. The average Bonchev–Trinajstić information content (AvgIpc) is 2.78. The van der Waals surface area contributed by atoms with E-state index in [2.05, 4.69) is 4.98 Å². The molecule has 0 fully saturated rings. The standard InChI is InChI=1S/C23H19Cl2FN4O2/c1-13(20-17(24)7-8-18(26)21(20)25)32-19-11-16(12-29-22(19)28)14-3-5-15(6-4-14)23(31)30(2)10-9-27/h3-8,11-13H,10H2,1-2H3,(H2,28,29). The van der Waals surface area contributed by atoms with Crippen molar-refractivity contribution in [2.75, 3.05) is 19.3 Å². The van der Waals surface area contributed by atoms with Gasteiger partial charge >= 0.3 is 0 Å². The molecule has 164 valence electrons. The number of rotatable bonds is 6. The Morgan fingerprint density at radius 1 is 1.25 bits per heavy atom. The molecule has 0 saturated carbocycles. The van der Waals surface area contributed by atoms with Crippen LogP contribution in [-0.4, -0.2) is 29.4 Å². The Balaban J connectivity index is 1.86. The van der Waals surface area contributed by atoms with E-state index in [4.69, 9.17) is 38.9 Å². The fraction of sp³-hybridized carbons (Fsp3) is 0.174. The number of hydrogen-bond acceptors (Lipinski definition) is 5. The van der Waals surface area contributed by atoms with Crippen LogP contribution in [0.15, 0.2) is 48.7 Å². The molecule has 9 heteroatoms. The maximum atomic E-state index is 13.9. The Kier molecular flexibility index (Phi) is 7.18. The van der Waals surface area contributed by atoms with Crippen molar-refractivity contribution in [2.24, 2.45) is 0 Å². The zero-order valence-corrected chi connectivity index (χ0v) is 18.8.